The van der Waals surface area contributed by atoms with Crippen LogP contribution >= 0.6 is 12.2 Å². The van der Waals surface area contributed by atoms with Crippen molar-refractivity contribution in [1.29, 1.82) is 0 Å². The summed E-state index contributed by atoms with van der Waals surface area (Å²) >= 11 is 4.54. The Morgan fingerprint density at radius 2 is 2.07 bits per heavy atom. The van der Waals surface area contributed by atoms with Crippen molar-refractivity contribution in [1.82, 2.24) is 0 Å². The number of isothiocyanates is 1. The maximum absolute atomic E-state index is 11.6. The number of carbonyl (C=O) groups excluding carboxylic acids is 1. The summed E-state index contributed by atoms with van der Waals surface area (Å²) in [6.45, 7) is 1.65. The number of carbonyl (C=O) groups is 1. The zero-order valence-corrected chi connectivity index (χ0v) is 9.38. The average Bonchev–Trinajstić information content (AvgIpc) is 2.29. The summed E-state index contributed by atoms with van der Waals surface area (Å²) in [5, 5.41) is 2.23. The summed E-state index contributed by atoms with van der Waals surface area (Å²) in [5.74, 6) is -0.453. The highest BCUT2D eigenvalue weighted by atomic mass is 32.1. The average molecular weight is 221 g/mol. The Morgan fingerprint density at radius 1 is 1.47 bits per heavy atom. The van der Waals surface area contributed by atoms with E-state index >= 15 is 0 Å². The summed E-state index contributed by atoms with van der Waals surface area (Å²) in [6, 6.07) is 9.12. The smallest absolute Gasteiger partial charge is 0.338 e. The lowest BCUT2D eigenvalue weighted by atomic mass is 9.93. The van der Waals surface area contributed by atoms with Crippen LogP contribution in [0.4, 0.5) is 0 Å². The fraction of sp³-hybridized carbons (Fsp3) is 0.273. The second-order valence-corrected chi connectivity index (χ2v) is 3.32. The van der Waals surface area contributed by atoms with Gasteiger partial charge < -0.3 is 4.74 Å². The third-order valence-corrected chi connectivity index (χ3v) is 2.28. The predicted octanol–water partition coefficient (Wildman–Crippen LogP) is 2.18. The molecule has 3 nitrogen and oxygen atoms in total. The van der Waals surface area contributed by atoms with Crippen molar-refractivity contribution in [3.63, 3.8) is 0 Å². The number of benzene rings is 1. The Morgan fingerprint density at radius 3 is 2.53 bits per heavy atom. The van der Waals surface area contributed by atoms with Crippen molar-refractivity contribution in [3.05, 3.63) is 35.9 Å². The van der Waals surface area contributed by atoms with E-state index in [0.29, 0.717) is 0 Å². The minimum atomic E-state index is -1.10. The maximum Gasteiger partial charge on any atom is 0.338 e. The van der Waals surface area contributed by atoms with Crippen LogP contribution in [-0.4, -0.2) is 18.2 Å². The van der Waals surface area contributed by atoms with Gasteiger partial charge in [-0.25, -0.2) is 9.79 Å². The molecule has 0 saturated heterocycles. The van der Waals surface area contributed by atoms with E-state index in [1.54, 1.807) is 19.1 Å². The molecule has 78 valence electrons. The van der Waals surface area contributed by atoms with Crippen LogP contribution in [0, 0.1) is 0 Å². The standard InChI is InChI=1S/C11H11NO2S/c1-11(12-8-15,10(13)14-2)9-6-4-3-5-7-9/h3-7H,1-2H3/t11-/m0/s1. The highest BCUT2D eigenvalue weighted by molar-refractivity contribution is 7.78. The summed E-state index contributed by atoms with van der Waals surface area (Å²) in [7, 11) is 1.32. The van der Waals surface area contributed by atoms with Gasteiger partial charge in [0.05, 0.1) is 12.3 Å². The quantitative estimate of drug-likeness (QED) is 0.446. The maximum atomic E-state index is 11.6. The van der Waals surface area contributed by atoms with Crippen LogP contribution in [0.3, 0.4) is 0 Å². The van der Waals surface area contributed by atoms with Gasteiger partial charge in [-0.15, -0.1) is 0 Å². The number of hydrogen-bond donors (Lipinski definition) is 0. The zero-order chi connectivity index (χ0) is 11.3. The molecule has 0 radical (unpaired) electrons. The molecule has 0 aliphatic carbocycles. The first-order valence-corrected chi connectivity index (χ1v) is 4.79. The minimum absolute atomic E-state index is 0.453. The number of rotatable bonds is 3. The number of methoxy groups -OCH3 is 1. The summed E-state index contributed by atoms with van der Waals surface area (Å²) < 4.78 is 4.70. The summed E-state index contributed by atoms with van der Waals surface area (Å²) in [5.41, 5.74) is -0.369. The number of aliphatic imine (C=N–C) groups is 1. The Hall–Kier alpha value is -1.51. The molecule has 4 heteroatoms. The number of thiocarbonyl (C=S) groups is 1. The van der Waals surface area contributed by atoms with E-state index in [0.717, 1.165) is 5.56 Å². The van der Waals surface area contributed by atoms with Gasteiger partial charge in [0.25, 0.3) is 0 Å². The monoisotopic (exact) mass is 221 g/mol. The predicted molar refractivity (Wildman–Crippen MR) is 60.8 cm³/mol. The molecule has 0 bridgehead atoms. The molecule has 0 aromatic heterocycles. The summed E-state index contributed by atoms with van der Waals surface area (Å²) in [6.07, 6.45) is 0. The molecule has 0 aliphatic rings. The molecule has 0 fully saturated rings. The van der Waals surface area contributed by atoms with Gasteiger partial charge in [0.1, 0.15) is 0 Å². The first kappa shape index (κ1) is 11.6. The van der Waals surface area contributed by atoms with Crippen molar-refractivity contribution < 1.29 is 9.53 Å². The molecule has 15 heavy (non-hydrogen) atoms. The molecular formula is C11H11NO2S. The lowest BCUT2D eigenvalue weighted by Crippen LogP contribution is -2.31. The highest BCUT2D eigenvalue weighted by Crippen LogP contribution is 2.26. The van der Waals surface area contributed by atoms with Crippen LogP contribution < -0.4 is 0 Å². The fourth-order valence-electron chi connectivity index (χ4n) is 1.28. The Kier molecular flexibility index (Phi) is 3.72. The second kappa shape index (κ2) is 4.82. The van der Waals surface area contributed by atoms with Crippen LogP contribution in [0.5, 0.6) is 0 Å². The SMILES string of the molecule is COC(=O)[C@@](C)(N=C=S)c1ccccc1. The third kappa shape index (κ3) is 2.29. The van der Waals surface area contributed by atoms with Gasteiger partial charge in [0, 0.05) is 0 Å². The molecule has 1 aromatic rings. The van der Waals surface area contributed by atoms with Crippen molar-refractivity contribution in [3.8, 4) is 0 Å². The molecular weight excluding hydrogens is 210 g/mol. The number of hydrogen-bond acceptors (Lipinski definition) is 4. The van der Waals surface area contributed by atoms with E-state index in [1.807, 2.05) is 18.2 Å². The van der Waals surface area contributed by atoms with Gasteiger partial charge >= 0.3 is 5.97 Å². The van der Waals surface area contributed by atoms with Gasteiger partial charge in [-0.2, -0.15) is 0 Å². The molecule has 1 aromatic carbocycles. The van der Waals surface area contributed by atoms with Crippen molar-refractivity contribution >= 4 is 23.3 Å². The Bertz CT molecular complexity index is 398. The fourth-order valence-corrected chi connectivity index (χ4v) is 1.46. The first-order chi connectivity index (χ1) is 7.15. The molecule has 0 saturated carbocycles. The minimum Gasteiger partial charge on any atom is -0.467 e. The number of nitrogens with zero attached hydrogens (tertiary/aromatic N) is 1. The molecule has 0 spiro atoms. The first-order valence-electron chi connectivity index (χ1n) is 4.38. The second-order valence-electron chi connectivity index (χ2n) is 3.13. The number of esters is 1. The van der Waals surface area contributed by atoms with E-state index in [2.05, 4.69) is 22.4 Å². The van der Waals surface area contributed by atoms with Crippen LogP contribution in [0.2, 0.25) is 0 Å². The van der Waals surface area contributed by atoms with Gasteiger partial charge in [-0.3, -0.25) is 0 Å². The zero-order valence-electron chi connectivity index (χ0n) is 8.56. The summed E-state index contributed by atoms with van der Waals surface area (Å²) in [4.78, 5) is 15.5. The van der Waals surface area contributed by atoms with Crippen LogP contribution in [0.25, 0.3) is 0 Å². The Balaban J connectivity index is 3.24. The highest BCUT2D eigenvalue weighted by Gasteiger charge is 2.35. The van der Waals surface area contributed by atoms with E-state index in [4.69, 9.17) is 4.74 Å². The van der Waals surface area contributed by atoms with Gasteiger partial charge in [0.2, 0.25) is 0 Å². The largest absolute Gasteiger partial charge is 0.467 e. The van der Waals surface area contributed by atoms with Crippen molar-refractivity contribution in [2.45, 2.75) is 12.5 Å². The normalized spacial score (nSPS) is 13.5. The molecule has 1 atom stereocenters. The third-order valence-electron chi connectivity index (χ3n) is 2.19. The van der Waals surface area contributed by atoms with Crippen LogP contribution in [0.15, 0.2) is 35.3 Å². The van der Waals surface area contributed by atoms with Crippen LogP contribution in [0.1, 0.15) is 12.5 Å². The van der Waals surface area contributed by atoms with E-state index < -0.39 is 11.5 Å². The van der Waals surface area contributed by atoms with Gasteiger partial charge in [-0.05, 0) is 24.7 Å². The molecule has 0 heterocycles. The van der Waals surface area contributed by atoms with Crippen molar-refractivity contribution in [2.24, 2.45) is 4.99 Å². The van der Waals surface area contributed by atoms with E-state index in [-0.39, 0.29) is 0 Å². The molecule has 0 N–H and O–H groups in total. The molecule has 1 rings (SSSR count). The van der Waals surface area contributed by atoms with Crippen molar-refractivity contribution in [2.75, 3.05) is 7.11 Å². The lowest BCUT2D eigenvalue weighted by molar-refractivity contribution is -0.146. The lowest BCUT2D eigenvalue weighted by Gasteiger charge is -2.20. The molecule has 0 aliphatic heterocycles. The van der Waals surface area contributed by atoms with Gasteiger partial charge in [-0.1, -0.05) is 30.3 Å². The molecule has 0 amide bonds. The Labute approximate surface area is 93.8 Å². The van der Waals surface area contributed by atoms with E-state index in [1.165, 1.54) is 7.11 Å². The van der Waals surface area contributed by atoms with E-state index in [9.17, 15) is 4.79 Å². The molecule has 0 unspecified atom stereocenters. The number of ether oxygens (including phenoxy) is 1. The van der Waals surface area contributed by atoms with Crippen LogP contribution in [-0.2, 0) is 15.1 Å². The van der Waals surface area contributed by atoms with Gasteiger partial charge in [0.15, 0.2) is 5.54 Å². The topological polar surface area (TPSA) is 38.7 Å².